The van der Waals surface area contributed by atoms with Gasteiger partial charge in [-0.25, -0.2) is 4.79 Å². The molecule has 248 valence electrons. The molecule has 1 heterocycles. The monoisotopic (exact) mass is 663 g/mol. The predicted molar refractivity (Wildman–Crippen MR) is 185 cm³/mol. The normalized spacial score (nSPS) is 27.2. The van der Waals surface area contributed by atoms with Gasteiger partial charge >= 0.3 is 5.97 Å². The van der Waals surface area contributed by atoms with Crippen LogP contribution in [0.15, 0.2) is 121 Å². The van der Waals surface area contributed by atoms with E-state index >= 15 is 4.79 Å². The van der Waals surface area contributed by atoms with Gasteiger partial charge in [0.05, 0.1) is 28.5 Å². The number of Topliss-reactive ketones (excluding diaryl/α,β-unsaturated/α-hetero) is 1. The summed E-state index contributed by atoms with van der Waals surface area (Å²) in [4.78, 5) is 71.5. The molecular formula is C42H33NO7. The topological polar surface area (TPSA) is 129 Å². The number of allylic oxidation sites excluding steroid dienone is 4. The van der Waals surface area contributed by atoms with Crippen LogP contribution in [0.25, 0.3) is 5.57 Å². The Morgan fingerprint density at radius 3 is 2.24 bits per heavy atom. The Morgan fingerprint density at radius 2 is 1.54 bits per heavy atom. The zero-order valence-electron chi connectivity index (χ0n) is 27.2. The summed E-state index contributed by atoms with van der Waals surface area (Å²) < 4.78 is 0. The van der Waals surface area contributed by atoms with Gasteiger partial charge in [-0.15, -0.1) is 0 Å². The minimum atomic E-state index is -1.36. The molecule has 4 aromatic rings. The second kappa shape index (κ2) is 11.6. The standard InChI is InChI=1S/C42H33NO7/c1-23-19-25(15-18-34(23)44)37-29-16-17-30-36(40(48)43(39(30)47)28-14-8-11-26(20-28)41(49)50)32(29)21-33-38(46)31(24-9-4-2-5-10-24)22-35(45)42(33,37)27-12-6-3-7-13-27/h2-16,18-20,22,30,32-33,36-37,44H,17,21H2,1H3,(H,49,50)/t30-,32+,33-,36-,37-,42-/m0/s1. The van der Waals surface area contributed by atoms with Gasteiger partial charge < -0.3 is 10.2 Å². The number of carboxylic acid groups (broad SMARTS) is 1. The van der Waals surface area contributed by atoms with Crippen molar-refractivity contribution in [3.8, 4) is 5.75 Å². The number of hydrogen-bond acceptors (Lipinski definition) is 6. The van der Waals surface area contributed by atoms with Crippen molar-refractivity contribution in [3.05, 3.63) is 149 Å². The van der Waals surface area contributed by atoms with Crippen molar-refractivity contribution in [2.75, 3.05) is 4.90 Å². The largest absolute Gasteiger partial charge is 0.508 e. The molecule has 8 nitrogen and oxygen atoms in total. The van der Waals surface area contributed by atoms with Crippen molar-refractivity contribution in [1.29, 1.82) is 0 Å². The number of carboxylic acids is 1. The van der Waals surface area contributed by atoms with E-state index in [9.17, 15) is 29.4 Å². The Bertz CT molecular complexity index is 2190. The van der Waals surface area contributed by atoms with Gasteiger partial charge in [0, 0.05) is 17.4 Å². The molecule has 0 spiro atoms. The van der Waals surface area contributed by atoms with Gasteiger partial charge in [0.25, 0.3) is 0 Å². The van der Waals surface area contributed by atoms with Crippen molar-refractivity contribution < 1.29 is 34.2 Å². The van der Waals surface area contributed by atoms with Gasteiger partial charge in [0.1, 0.15) is 5.75 Å². The summed E-state index contributed by atoms with van der Waals surface area (Å²) >= 11 is 0. The highest BCUT2D eigenvalue weighted by Gasteiger charge is 2.66. The highest BCUT2D eigenvalue weighted by atomic mass is 16.4. The molecule has 2 amide bonds. The van der Waals surface area contributed by atoms with E-state index in [-0.39, 0.29) is 41.4 Å². The van der Waals surface area contributed by atoms with E-state index in [1.807, 2.05) is 60.7 Å². The fourth-order valence-electron chi connectivity index (χ4n) is 9.14. The van der Waals surface area contributed by atoms with Gasteiger partial charge in [-0.05, 0) is 78.3 Å². The van der Waals surface area contributed by atoms with Crippen LogP contribution in [0.1, 0.15) is 51.4 Å². The van der Waals surface area contributed by atoms with Gasteiger partial charge in [-0.1, -0.05) is 90.5 Å². The van der Waals surface area contributed by atoms with E-state index in [4.69, 9.17) is 0 Å². The maximum atomic E-state index is 15.1. The Balaban J connectivity index is 1.35. The lowest BCUT2D eigenvalue weighted by atomic mass is 9.44. The smallest absolute Gasteiger partial charge is 0.335 e. The van der Waals surface area contributed by atoms with E-state index in [1.165, 1.54) is 24.3 Å². The van der Waals surface area contributed by atoms with Crippen molar-refractivity contribution in [3.63, 3.8) is 0 Å². The number of amides is 2. The molecule has 0 unspecified atom stereocenters. The Kier molecular flexibility index (Phi) is 7.29. The zero-order valence-corrected chi connectivity index (χ0v) is 27.2. The van der Waals surface area contributed by atoms with Crippen LogP contribution in [0.4, 0.5) is 5.69 Å². The number of rotatable bonds is 5. The molecule has 0 bridgehead atoms. The molecule has 4 aliphatic rings. The van der Waals surface area contributed by atoms with Crippen LogP contribution in [0.5, 0.6) is 5.75 Å². The van der Waals surface area contributed by atoms with E-state index in [0.717, 1.165) is 16.0 Å². The number of aryl methyl sites for hydroxylation is 1. The fraction of sp³-hybridized carbons (Fsp3) is 0.214. The molecule has 1 saturated heterocycles. The molecule has 1 saturated carbocycles. The van der Waals surface area contributed by atoms with Gasteiger partial charge in [-0.2, -0.15) is 0 Å². The number of ketones is 2. The van der Waals surface area contributed by atoms with Crippen molar-refractivity contribution in [2.24, 2.45) is 23.7 Å². The molecule has 6 atom stereocenters. The quantitative estimate of drug-likeness (QED) is 0.186. The molecule has 2 N–H and O–H groups in total. The number of anilines is 1. The number of carbonyl (C=O) groups is 5. The summed E-state index contributed by atoms with van der Waals surface area (Å²) in [6.07, 6.45) is 3.87. The van der Waals surface area contributed by atoms with Crippen LogP contribution in [-0.2, 0) is 24.6 Å². The fourth-order valence-corrected chi connectivity index (χ4v) is 9.14. The lowest BCUT2D eigenvalue weighted by Gasteiger charge is -2.55. The SMILES string of the molecule is Cc1cc([C@H]2C3=CC[C@@H]4C(=O)N(c5cccc(C(=O)O)c5)C(=O)[C@@H]4[C@@H]3C[C@H]3C(=O)C(c4ccccc4)=CC(=O)[C@@]23c2ccccc2)ccc1O. The molecule has 8 rings (SSSR count). The van der Waals surface area contributed by atoms with Crippen LogP contribution in [-0.4, -0.2) is 39.6 Å². The number of phenols is 1. The molecule has 3 aliphatic carbocycles. The summed E-state index contributed by atoms with van der Waals surface area (Å²) in [5, 5.41) is 20.2. The van der Waals surface area contributed by atoms with E-state index < -0.39 is 52.8 Å². The van der Waals surface area contributed by atoms with Crippen LogP contribution in [0, 0.1) is 30.6 Å². The highest BCUT2D eigenvalue weighted by Crippen LogP contribution is 2.63. The highest BCUT2D eigenvalue weighted by molar-refractivity contribution is 6.32. The average Bonchev–Trinajstić information content (AvgIpc) is 3.39. The Labute approximate surface area is 288 Å². The number of fused-ring (bicyclic) bond motifs is 4. The molecule has 8 heteroatoms. The molecule has 1 aliphatic heterocycles. The van der Waals surface area contributed by atoms with Crippen molar-refractivity contribution in [2.45, 2.75) is 31.1 Å². The van der Waals surface area contributed by atoms with E-state index in [0.29, 0.717) is 22.3 Å². The number of benzene rings is 4. The minimum Gasteiger partial charge on any atom is -0.508 e. The Morgan fingerprint density at radius 1 is 0.820 bits per heavy atom. The number of imide groups is 1. The zero-order chi connectivity index (χ0) is 34.9. The van der Waals surface area contributed by atoms with Crippen LogP contribution in [0.3, 0.4) is 0 Å². The maximum absolute atomic E-state index is 15.1. The summed E-state index contributed by atoms with van der Waals surface area (Å²) in [5.41, 5.74) is 2.55. The number of carbonyl (C=O) groups excluding carboxylic acids is 4. The van der Waals surface area contributed by atoms with Crippen molar-refractivity contribution >= 4 is 40.6 Å². The number of aromatic hydroxyl groups is 1. The van der Waals surface area contributed by atoms with Gasteiger partial charge in [-0.3, -0.25) is 24.1 Å². The summed E-state index contributed by atoms with van der Waals surface area (Å²) in [6.45, 7) is 1.78. The first-order chi connectivity index (χ1) is 24.1. The van der Waals surface area contributed by atoms with E-state index in [2.05, 4.69) is 0 Å². The molecule has 50 heavy (non-hydrogen) atoms. The predicted octanol–water partition coefficient (Wildman–Crippen LogP) is 6.43. The van der Waals surface area contributed by atoms with Crippen molar-refractivity contribution in [1.82, 2.24) is 0 Å². The number of hydrogen-bond donors (Lipinski definition) is 2. The third-order valence-electron chi connectivity index (χ3n) is 11.3. The molecule has 0 radical (unpaired) electrons. The second-order valence-electron chi connectivity index (χ2n) is 13.7. The first kappa shape index (κ1) is 31.4. The van der Waals surface area contributed by atoms with Crippen LogP contribution in [0.2, 0.25) is 0 Å². The minimum absolute atomic E-state index is 0.0450. The van der Waals surface area contributed by atoms with Gasteiger partial charge in [0.15, 0.2) is 11.6 Å². The number of aromatic carboxylic acids is 1. The summed E-state index contributed by atoms with van der Waals surface area (Å²) in [7, 11) is 0. The maximum Gasteiger partial charge on any atom is 0.335 e. The lowest BCUT2D eigenvalue weighted by molar-refractivity contribution is -0.135. The summed E-state index contributed by atoms with van der Waals surface area (Å²) in [6, 6.07) is 29.4. The van der Waals surface area contributed by atoms with E-state index in [1.54, 1.807) is 37.3 Å². The number of nitrogens with zero attached hydrogens (tertiary/aromatic N) is 1. The third kappa shape index (κ3) is 4.47. The average molecular weight is 664 g/mol. The van der Waals surface area contributed by atoms with Crippen LogP contribution < -0.4 is 4.90 Å². The molecular weight excluding hydrogens is 630 g/mol. The van der Waals surface area contributed by atoms with Gasteiger partial charge in [0.2, 0.25) is 11.8 Å². The molecule has 0 aromatic heterocycles. The Hall–Kier alpha value is -5.89. The second-order valence-corrected chi connectivity index (χ2v) is 13.7. The van der Waals surface area contributed by atoms with Crippen LogP contribution >= 0.6 is 0 Å². The first-order valence-corrected chi connectivity index (χ1v) is 16.7. The molecule has 2 fully saturated rings. The molecule has 4 aromatic carbocycles. The number of phenolic OH excluding ortho intramolecular Hbond substituents is 1. The summed E-state index contributed by atoms with van der Waals surface area (Å²) in [5.74, 6) is -6.03. The first-order valence-electron chi connectivity index (χ1n) is 16.7. The third-order valence-corrected chi connectivity index (χ3v) is 11.3. The lowest BCUT2D eigenvalue weighted by Crippen LogP contribution is -2.58.